The number of ether oxygens (including phenoxy) is 1. The fraction of sp³-hybridized carbons (Fsp3) is 0.385. The number of nitrogens with zero attached hydrogens (tertiary/aromatic N) is 1. The number of fused-ring (bicyclic) bond motifs is 1. The standard InChI is InChI=1S/C26H31N3O2S/c1-17-12-21-14-22(25(30)28-24(21)13-18(17)2)15-29(16-23-10-7-11-31-23)26(32)27-19(3)20-8-5-4-6-9-20/h4-6,8-9,12-14,19,23H,7,10-11,15-16H2,1-3H3,(H,27,32)(H,28,30)/t19-,23-/m1/s1. The number of aryl methyl sites for hydroxylation is 2. The van der Waals surface area contributed by atoms with Gasteiger partial charge in [-0.25, -0.2) is 0 Å². The van der Waals surface area contributed by atoms with Gasteiger partial charge in [-0.15, -0.1) is 0 Å². The van der Waals surface area contributed by atoms with Crippen molar-refractivity contribution >= 4 is 28.2 Å². The van der Waals surface area contributed by atoms with Gasteiger partial charge in [0.15, 0.2) is 5.11 Å². The molecule has 1 aliphatic rings. The topological polar surface area (TPSA) is 57.4 Å². The Morgan fingerprint density at radius 2 is 1.97 bits per heavy atom. The van der Waals surface area contributed by atoms with Gasteiger partial charge in [-0.3, -0.25) is 4.79 Å². The van der Waals surface area contributed by atoms with Gasteiger partial charge in [0.1, 0.15) is 0 Å². The van der Waals surface area contributed by atoms with Gasteiger partial charge in [0, 0.05) is 24.2 Å². The minimum Gasteiger partial charge on any atom is -0.376 e. The summed E-state index contributed by atoms with van der Waals surface area (Å²) in [6.45, 7) is 8.13. The second-order valence-corrected chi connectivity index (χ2v) is 9.13. The molecule has 1 aliphatic heterocycles. The van der Waals surface area contributed by atoms with Crippen LogP contribution >= 0.6 is 12.2 Å². The van der Waals surface area contributed by atoms with Gasteiger partial charge in [0.2, 0.25) is 0 Å². The van der Waals surface area contributed by atoms with Gasteiger partial charge in [-0.2, -0.15) is 0 Å². The molecule has 2 heterocycles. The van der Waals surface area contributed by atoms with Crippen molar-refractivity contribution in [1.29, 1.82) is 0 Å². The molecule has 6 heteroatoms. The zero-order chi connectivity index (χ0) is 22.7. The number of thiocarbonyl (C=S) groups is 1. The summed E-state index contributed by atoms with van der Waals surface area (Å²) in [5, 5.41) is 5.13. The van der Waals surface area contributed by atoms with Crippen molar-refractivity contribution in [3.8, 4) is 0 Å². The van der Waals surface area contributed by atoms with Crippen LogP contribution in [-0.4, -0.2) is 34.3 Å². The minimum absolute atomic E-state index is 0.0659. The van der Waals surface area contributed by atoms with Crippen LogP contribution in [0.25, 0.3) is 10.9 Å². The van der Waals surface area contributed by atoms with E-state index in [9.17, 15) is 4.79 Å². The maximum absolute atomic E-state index is 12.9. The summed E-state index contributed by atoms with van der Waals surface area (Å²) >= 11 is 5.81. The Kier molecular flexibility index (Phi) is 6.92. The second-order valence-electron chi connectivity index (χ2n) is 8.74. The highest BCUT2D eigenvalue weighted by Gasteiger charge is 2.23. The Morgan fingerprint density at radius 1 is 1.22 bits per heavy atom. The number of pyridine rings is 1. The molecule has 0 spiro atoms. The molecule has 3 aromatic rings. The molecule has 1 fully saturated rings. The van der Waals surface area contributed by atoms with Crippen LogP contribution in [0.3, 0.4) is 0 Å². The first kappa shape index (κ1) is 22.5. The maximum atomic E-state index is 12.9. The lowest BCUT2D eigenvalue weighted by atomic mass is 10.0. The van der Waals surface area contributed by atoms with Crippen molar-refractivity contribution in [2.24, 2.45) is 0 Å². The lowest BCUT2D eigenvalue weighted by Gasteiger charge is -2.30. The van der Waals surface area contributed by atoms with E-state index >= 15 is 0 Å². The monoisotopic (exact) mass is 449 g/mol. The van der Waals surface area contributed by atoms with Crippen LogP contribution in [0.4, 0.5) is 0 Å². The number of hydrogen-bond acceptors (Lipinski definition) is 3. The third-order valence-electron chi connectivity index (χ3n) is 6.27. The summed E-state index contributed by atoms with van der Waals surface area (Å²) in [5.41, 5.74) is 5.04. The Bertz CT molecular complexity index is 1150. The molecule has 0 unspecified atom stereocenters. The first-order chi connectivity index (χ1) is 15.4. The van der Waals surface area contributed by atoms with Gasteiger partial charge in [0.05, 0.1) is 18.7 Å². The van der Waals surface area contributed by atoms with E-state index in [4.69, 9.17) is 17.0 Å². The first-order valence-electron chi connectivity index (χ1n) is 11.3. The molecule has 2 N–H and O–H groups in total. The fourth-order valence-electron chi connectivity index (χ4n) is 4.20. The lowest BCUT2D eigenvalue weighted by molar-refractivity contribution is 0.0895. The predicted molar refractivity (Wildman–Crippen MR) is 134 cm³/mol. The number of rotatable bonds is 6. The van der Waals surface area contributed by atoms with Gasteiger partial charge < -0.3 is 19.9 Å². The average molecular weight is 450 g/mol. The summed E-state index contributed by atoms with van der Waals surface area (Å²) in [6.07, 6.45) is 2.21. The highest BCUT2D eigenvalue weighted by molar-refractivity contribution is 7.80. The number of aromatic nitrogens is 1. The highest BCUT2D eigenvalue weighted by atomic mass is 32.1. The Balaban J connectivity index is 1.58. The molecule has 4 rings (SSSR count). The third-order valence-corrected chi connectivity index (χ3v) is 6.65. The summed E-state index contributed by atoms with van der Waals surface area (Å²) in [6, 6.07) is 16.5. The normalized spacial score (nSPS) is 16.8. The Labute approximate surface area is 194 Å². The van der Waals surface area contributed by atoms with E-state index in [0.717, 1.165) is 30.4 Å². The van der Waals surface area contributed by atoms with Crippen LogP contribution < -0.4 is 10.9 Å². The average Bonchev–Trinajstić information content (AvgIpc) is 3.29. The molecule has 1 saturated heterocycles. The Morgan fingerprint density at radius 3 is 2.69 bits per heavy atom. The molecule has 0 saturated carbocycles. The smallest absolute Gasteiger partial charge is 0.253 e. The van der Waals surface area contributed by atoms with E-state index in [1.165, 1.54) is 16.7 Å². The van der Waals surface area contributed by atoms with Gasteiger partial charge >= 0.3 is 0 Å². The van der Waals surface area contributed by atoms with E-state index in [1.807, 2.05) is 30.3 Å². The van der Waals surface area contributed by atoms with Gasteiger partial charge in [0.25, 0.3) is 5.56 Å². The lowest BCUT2D eigenvalue weighted by Crippen LogP contribution is -2.44. The second kappa shape index (κ2) is 9.84. The van der Waals surface area contributed by atoms with Crippen molar-refractivity contribution in [3.05, 3.63) is 81.1 Å². The molecule has 0 aliphatic carbocycles. The molecule has 168 valence electrons. The van der Waals surface area contributed by atoms with E-state index < -0.39 is 0 Å². The minimum atomic E-state index is -0.0722. The number of H-pyrrole nitrogens is 1. The summed E-state index contributed by atoms with van der Waals surface area (Å²) in [5.74, 6) is 0. The summed E-state index contributed by atoms with van der Waals surface area (Å²) in [7, 11) is 0. The molecular weight excluding hydrogens is 418 g/mol. The number of hydrogen-bond donors (Lipinski definition) is 2. The fourth-order valence-corrected chi connectivity index (χ4v) is 4.52. The van der Waals surface area contributed by atoms with Crippen LogP contribution in [0.5, 0.6) is 0 Å². The summed E-state index contributed by atoms with van der Waals surface area (Å²) < 4.78 is 5.88. The zero-order valence-electron chi connectivity index (χ0n) is 19.0. The number of benzene rings is 2. The van der Waals surface area contributed by atoms with Gasteiger partial charge in [-0.05, 0) is 86.1 Å². The van der Waals surface area contributed by atoms with Gasteiger partial charge in [-0.1, -0.05) is 30.3 Å². The largest absolute Gasteiger partial charge is 0.376 e. The van der Waals surface area contributed by atoms with Crippen LogP contribution in [0, 0.1) is 13.8 Å². The molecule has 2 atom stereocenters. The quantitative estimate of drug-likeness (QED) is 0.532. The van der Waals surface area contributed by atoms with E-state index in [2.05, 4.69) is 54.2 Å². The SMILES string of the molecule is Cc1cc2cc(CN(C[C@H]3CCCO3)C(=S)N[C@H](C)c3ccccc3)c(=O)[nH]c2cc1C. The van der Waals surface area contributed by atoms with Crippen LogP contribution in [0.1, 0.15) is 48.1 Å². The zero-order valence-corrected chi connectivity index (χ0v) is 19.8. The predicted octanol–water partition coefficient (Wildman–Crippen LogP) is 4.76. The third kappa shape index (κ3) is 5.19. The van der Waals surface area contributed by atoms with E-state index in [-0.39, 0.29) is 17.7 Å². The van der Waals surface area contributed by atoms with Crippen LogP contribution in [0.2, 0.25) is 0 Å². The van der Waals surface area contributed by atoms with Crippen molar-refractivity contribution in [1.82, 2.24) is 15.2 Å². The van der Waals surface area contributed by atoms with Crippen LogP contribution in [-0.2, 0) is 11.3 Å². The molecule has 32 heavy (non-hydrogen) atoms. The van der Waals surface area contributed by atoms with E-state index in [0.29, 0.717) is 23.8 Å². The molecule has 2 aromatic carbocycles. The number of aromatic amines is 1. The van der Waals surface area contributed by atoms with Crippen molar-refractivity contribution in [2.75, 3.05) is 13.2 Å². The molecular formula is C26H31N3O2S. The summed E-state index contributed by atoms with van der Waals surface area (Å²) in [4.78, 5) is 18.0. The number of nitrogens with one attached hydrogen (secondary N) is 2. The van der Waals surface area contributed by atoms with Crippen molar-refractivity contribution < 1.29 is 4.74 Å². The van der Waals surface area contributed by atoms with Crippen LogP contribution in [0.15, 0.2) is 53.3 Å². The molecule has 1 aromatic heterocycles. The van der Waals surface area contributed by atoms with Crippen molar-refractivity contribution in [2.45, 2.75) is 52.3 Å². The molecule has 0 bridgehead atoms. The van der Waals surface area contributed by atoms with Crippen molar-refractivity contribution in [3.63, 3.8) is 0 Å². The molecule has 0 radical (unpaired) electrons. The van der Waals surface area contributed by atoms with E-state index in [1.54, 1.807) is 0 Å². The Hall–Kier alpha value is -2.70. The highest BCUT2D eigenvalue weighted by Crippen LogP contribution is 2.20. The first-order valence-corrected chi connectivity index (χ1v) is 11.7. The maximum Gasteiger partial charge on any atom is 0.253 e. The molecule has 5 nitrogen and oxygen atoms in total. The molecule has 0 amide bonds.